The summed E-state index contributed by atoms with van der Waals surface area (Å²) in [6.07, 6.45) is -0.473. The van der Waals surface area contributed by atoms with E-state index >= 15 is 0 Å². The van der Waals surface area contributed by atoms with Gasteiger partial charge in [0.1, 0.15) is 5.75 Å². The highest BCUT2D eigenvalue weighted by atomic mass is 16.5. The molecule has 0 aliphatic rings. The molecule has 1 amide bonds. The Morgan fingerprint density at radius 1 is 1.24 bits per heavy atom. The van der Waals surface area contributed by atoms with Gasteiger partial charge in [0.15, 0.2) is 6.10 Å². The van der Waals surface area contributed by atoms with Gasteiger partial charge in [0.05, 0.1) is 0 Å². The molecule has 0 fully saturated rings. The molecule has 0 radical (unpaired) electrons. The zero-order valence-corrected chi connectivity index (χ0v) is 11.2. The van der Waals surface area contributed by atoms with Crippen LogP contribution in [-0.2, 0) is 4.79 Å². The van der Waals surface area contributed by atoms with E-state index in [1.165, 1.54) is 5.56 Å². The Balaban J connectivity index is 2.67. The van der Waals surface area contributed by atoms with Crippen molar-refractivity contribution in [2.24, 2.45) is 0 Å². The van der Waals surface area contributed by atoms with Crippen molar-refractivity contribution in [2.75, 3.05) is 0 Å². The zero-order valence-electron chi connectivity index (χ0n) is 11.2. The highest BCUT2D eigenvalue weighted by molar-refractivity contribution is 5.80. The molecule has 17 heavy (non-hydrogen) atoms. The number of nitrogens with one attached hydrogen (secondary N) is 1. The second-order valence-electron chi connectivity index (χ2n) is 4.69. The molecule has 0 aliphatic heterocycles. The average Bonchev–Trinajstić information content (AvgIpc) is 2.21. The van der Waals surface area contributed by atoms with E-state index in [4.69, 9.17) is 4.74 Å². The summed E-state index contributed by atoms with van der Waals surface area (Å²) in [5, 5.41) is 2.83. The summed E-state index contributed by atoms with van der Waals surface area (Å²) in [5.41, 5.74) is 2.24. The maximum absolute atomic E-state index is 11.7. The number of aryl methyl sites for hydroxylation is 2. The molecule has 0 saturated heterocycles. The van der Waals surface area contributed by atoms with Gasteiger partial charge in [-0.25, -0.2) is 0 Å². The van der Waals surface area contributed by atoms with Crippen molar-refractivity contribution in [2.45, 2.75) is 46.8 Å². The molecule has 1 atom stereocenters. The van der Waals surface area contributed by atoms with E-state index in [1.54, 1.807) is 6.92 Å². The zero-order chi connectivity index (χ0) is 13.0. The van der Waals surface area contributed by atoms with Crippen LogP contribution in [0.25, 0.3) is 0 Å². The molecule has 94 valence electrons. The minimum atomic E-state index is -0.473. The second kappa shape index (κ2) is 5.71. The van der Waals surface area contributed by atoms with E-state index in [0.717, 1.165) is 11.3 Å². The fraction of sp³-hybridized carbons (Fsp3) is 0.500. The van der Waals surface area contributed by atoms with Crippen molar-refractivity contribution in [3.05, 3.63) is 29.3 Å². The van der Waals surface area contributed by atoms with E-state index in [-0.39, 0.29) is 11.9 Å². The number of rotatable bonds is 4. The maximum Gasteiger partial charge on any atom is 0.260 e. The molecule has 1 N–H and O–H groups in total. The Hall–Kier alpha value is -1.51. The first-order valence-electron chi connectivity index (χ1n) is 5.94. The Kier molecular flexibility index (Phi) is 4.55. The number of hydrogen-bond acceptors (Lipinski definition) is 2. The van der Waals surface area contributed by atoms with Gasteiger partial charge in [-0.3, -0.25) is 4.79 Å². The summed E-state index contributed by atoms with van der Waals surface area (Å²) in [5.74, 6) is 0.682. The second-order valence-corrected chi connectivity index (χ2v) is 4.69. The molecule has 0 aliphatic carbocycles. The summed E-state index contributed by atoms with van der Waals surface area (Å²) in [6.45, 7) is 9.64. The monoisotopic (exact) mass is 235 g/mol. The summed E-state index contributed by atoms with van der Waals surface area (Å²) < 4.78 is 5.65. The quantitative estimate of drug-likeness (QED) is 0.871. The molecular formula is C14H21NO2. The van der Waals surface area contributed by atoms with Crippen LogP contribution in [-0.4, -0.2) is 18.1 Å². The summed E-state index contributed by atoms with van der Waals surface area (Å²) >= 11 is 0. The lowest BCUT2D eigenvalue weighted by atomic mass is 10.1. The molecule has 1 aromatic carbocycles. The van der Waals surface area contributed by atoms with Gasteiger partial charge in [0, 0.05) is 6.04 Å². The maximum atomic E-state index is 11.7. The van der Waals surface area contributed by atoms with E-state index in [2.05, 4.69) is 5.32 Å². The third kappa shape index (κ3) is 4.10. The molecule has 0 bridgehead atoms. The van der Waals surface area contributed by atoms with Crippen molar-refractivity contribution in [1.82, 2.24) is 5.32 Å². The van der Waals surface area contributed by atoms with Crippen LogP contribution >= 0.6 is 0 Å². The number of amides is 1. The van der Waals surface area contributed by atoms with Gasteiger partial charge < -0.3 is 10.1 Å². The predicted octanol–water partition coefficient (Wildman–Crippen LogP) is 2.60. The van der Waals surface area contributed by atoms with Crippen molar-refractivity contribution < 1.29 is 9.53 Å². The molecular weight excluding hydrogens is 214 g/mol. The number of hydrogen-bond donors (Lipinski definition) is 1. The Bertz CT molecular complexity index is 399. The number of benzene rings is 1. The molecule has 0 saturated carbocycles. The first-order chi connectivity index (χ1) is 7.90. The largest absolute Gasteiger partial charge is 0.481 e. The third-order valence-corrected chi connectivity index (χ3v) is 2.43. The highest BCUT2D eigenvalue weighted by Crippen LogP contribution is 2.20. The molecule has 1 rings (SSSR count). The number of carbonyl (C=O) groups excluding carboxylic acids is 1. The van der Waals surface area contributed by atoms with Crippen LogP contribution in [0.1, 0.15) is 31.9 Å². The molecule has 3 heteroatoms. The Labute approximate surface area is 103 Å². The third-order valence-electron chi connectivity index (χ3n) is 2.43. The number of carbonyl (C=O) groups is 1. The molecule has 0 spiro atoms. The van der Waals surface area contributed by atoms with Crippen LogP contribution in [0.15, 0.2) is 18.2 Å². The first kappa shape index (κ1) is 13.6. The highest BCUT2D eigenvalue weighted by Gasteiger charge is 2.15. The van der Waals surface area contributed by atoms with Gasteiger partial charge in [-0.15, -0.1) is 0 Å². The van der Waals surface area contributed by atoms with Crippen LogP contribution in [0, 0.1) is 13.8 Å². The normalized spacial score (nSPS) is 12.4. The van der Waals surface area contributed by atoms with Crippen molar-refractivity contribution in [3.8, 4) is 5.75 Å². The number of ether oxygens (including phenoxy) is 1. The summed E-state index contributed by atoms with van der Waals surface area (Å²) in [6, 6.07) is 6.06. The first-order valence-corrected chi connectivity index (χ1v) is 5.94. The van der Waals surface area contributed by atoms with E-state index < -0.39 is 6.10 Å². The van der Waals surface area contributed by atoms with Crippen LogP contribution in [0.4, 0.5) is 0 Å². The average molecular weight is 235 g/mol. The molecule has 0 aromatic heterocycles. The van der Waals surface area contributed by atoms with Crippen LogP contribution in [0.3, 0.4) is 0 Å². The van der Waals surface area contributed by atoms with Crippen molar-refractivity contribution in [1.29, 1.82) is 0 Å². The molecule has 0 heterocycles. The van der Waals surface area contributed by atoms with Crippen molar-refractivity contribution >= 4 is 5.91 Å². The Morgan fingerprint density at radius 2 is 1.88 bits per heavy atom. The van der Waals surface area contributed by atoms with E-state index in [1.807, 2.05) is 45.9 Å². The van der Waals surface area contributed by atoms with Gasteiger partial charge in [-0.05, 0) is 46.2 Å². The molecule has 3 nitrogen and oxygen atoms in total. The summed E-state index contributed by atoms with van der Waals surface area (Å²) in [4.78, 5) is 11.7. The molecule has 1 unspecified atom stereocenters. The topological polar surface area (TPSA) is 38.3 Å². The van der Waals surface area contributed by atoms with E-state index in [0.29, 0.717) is 0 Å². The lowest BCUT2D eigenvalue weighted by Gasteiger charge is -2.17. The van der Waals surface area contributed by atoms with Gasteiger partial charge in [0.2, 0.25) is 0 Å². The summed E-state index contributed by atoms with van der Waals surface area (Å²) in [7, 11) is 0. The molecule has 1 aromatic rings. The van der Waals surface area contributed by atoms with Crippen LogP contribution < -0.4 is 10.1 Å². The Morgan fingerprint density at radius 3 is 2.41 bits per heavy atom. The van der Waals surface area contributed by atoms with Crippen LogP contribution in [0.2, 0.25) is 0 Å². The SMILES string of the molecule is Cc1ccc(OC(C)C(=O)NC(C)C)c(C)c1. The lowest BCUT2D eigenvalue weighted by molar-refractivity contribution is -0.127. The van der Waals surface area contributed by atoms with Crippen LogP contribution in [0.5, 0.6) is 5.75 Å². The minimum Gasteiger partial charge on any atom is -0.481 e. The van der Waals surface area contributed by atoms with Gasteiger partial charge in [-0.1, -0.05) is 17.7 Å². The fourth-order valence-corrected chi connectivity index (χ4v) is 1.58. The van der Waals surface area contributed by atoms with Gasteiger partial charge >= 0.3 is 0 Å². The van der Waals surface area contributed by atoms with Gasteiger partial charge in [0.25, 0.3) is 5.91 Å². The van der Waals surface area contributed by atoms with E-state index in [9.17, 15) is 4.79 Å². The van der Waals surface area contributed by atoms with Crippen molar-refractivity contribution in [3.63, 3.8) is 0 Å². The minimum absolute atomic E-state index is 0.0834. The smallest absolute Gasteiger partial charge is 0.260 e. The standard InChI is InChI=1S/C14H21NO2/c1-9(2)15-14(16)12(5)17-13-7-6-10(3)8-11(13)4/h6-9,12H,1-5H3,(H,15,16). The van der Waals surface area contributed by atoms with Gasteiger partial charge in [-0.2, -0.15) is 0 Å². The predicted molar refractivity (Wildman–Crippen MR) is 69.3 cm³/mol. The lowest BCUT2D eigenvalue weighted by Crippen LogP contribution is -2.40. The fourth-order valence-electron chi connectivity index (χ4n) is 1.58.